The maximum Gasteiger partial charge on any atom is 0.130 e. The van der Waals surface area contributed by atoms with Gasteiger partial charge in [-0.15, -0.1) is 0 Å². The lowest BCUT2D eigenvalue weighted by Gasteiger charge is -2.22. The minimum Gasteiger partial charge on any atom is -0.239 e. The van der Waals surface area contributed by atoms with Crippen LogP contribution in [-0.2, 0) is 0 Å². The van der Waals surface area contributed by atoms with Crippen LogP contribution < -0.4 is 0 Å². The molecule has 0 aliphatic heterocycles. The van der Waals surface area contributed by atoms with Crippen LogP contribution in [0.15, 0.2) is 48.1 Å². The molecule has 0 heterocycles. The van der Waals surface area contributed by atoms with E-state index in [4.69, 9.17) is 0 Å². The Morgan fingerprint density at radius 1 is 1.12 bits per heavy atom. The highest BCUT2D eigenvalue weighted by Crippen LogP contribution is 2.34. The minimum absolute atomic E-state index is 0.540. The van der Waals surface area contributed by atoms with Crippen LogP contribution >= 0.6 is 0 Å². The van der Waals surface area contributed by atoms with E-state index in [-0.39, 0.29) is 0 Å². The first-order valence-electron chi connectivity index (χ1n) is 5.45. The smallest absolute Gasteiger partial charge is 0.130 e. The molecule has 16 heavy (non-hydrogen) atoms. The van der Waals surface area contributed by atoms with E-state index in [2.05, 4.69) is 6.58 Å². The average Bonchev–Trinajstić information content (AvgIpc) is 2.17. The number of allylic oxidation sites excluding steroid dienone is 3. The summed E-state index contributed by atoms with van der Waals surface area (Å²) in [7, 11) is 0. The molecule has 0 aromatic heterocycles. The highest BCUT2D eigenvalue weighted by Gasteiger charge is 2.24. The zero-order valence-electron chi connectivity index (χ0n) is 10.5. The molecule has 0 unspecified atom stereocenters. The van der Waals surface area contributed by atoms with Gasteiger partial charge < -0.3 is 0 Å². The van der Waals surface area contributed by atoms with Gasteiger partial charge in [0.2, 0.25) is 0 Å². The number of alkyl halides is 1. The summed E-state index contributed by atoms with van der Waals surface area (Å²) in [5.41, 5.74) is 2.19. The number of rotatable bonds is 3. The van der Waals surface area contributed by atoms with Gasteiger partial charge in [-0.05, 0) is 44.4 Å². The van der Waals surface area contributed by atoms with E-state index < -0.39 is 5.67 Å². The SMILES string of the molecule is C=C(C(=C(C)C)c1ccccc1)C(C)(C)F. The summed E-state index contributed by atoms with van der Waals surface area (Å²) >= 11 is 0. The molecule has 0 radical (unpaired) electrons. The molecular formula is C15H19F. The zero-order valence-corrected chi connectivity index (χ0v) is 10.5. The Labute approximate surface area is 97.5 Å². The summed E-state index contributed by atoms with van der Waals surface area (Å²) in [4.78, 5) is 0. The molecule has 0 atom stereocenters. The summed E-state index contributed by atoms with van der Waals surface area (Å²) in [5, 5.41) is 0. The maximum absolute atomic E-state index is 13.9. The van der Waals surface area contributed by atoms with Crippen LogP contribution in [-0.4, -0.2) is 5.67 Å². The van der Waals surface area contributed by atoms with Crippen LogP contribution in [0.2, 0.25) is 0 Å². The molecule has 0 saturated carbocycles. The Morgan fingerprint density at radius 3 is 2.00 bits per heavy atom. The monoisotopic (exact) mass is 218 g/mol. The van der Waals surface area contributed by atoms with Gasteiger partial charge in [-0.3, -0.25) is 0 Å². The third kappa shape index (κ3) is 2.82. The van der Waals surface area contributed by atoms with Crippen molar-refractivity contribution in [1.29, 1.82) is 0 Å². The lowest BCUT2D eigenvalue weighted by molar-refractivity contribution is 0.276. The van der Waals surface area contributed by atoms with Crippen LogP contribution in [0.3, 0.4) is 0 Å². The predicted octanol–water partition coefficient (Wildman–Crippen LogP) is 4.78. The summed E-state index contributed by atoms with van der Waals surface area (Å²) in [6.07, 6.45) is 0. The van der Waals surface area contributed by atoms with E-state index in [0.29, 0.717) is 5.57 Å². The molecule has 0 aliphatic rings. The third-order valence-corrected chi connectivity index (χ3v) is 2.58. The summed E-state index contributed by atoms with van der Waals surface area (Å²) in [6, 6.07) is 9.83. The average molecular weight is 218 g/mol. The standard InChI is InChI=1S/C15H19F/c1-11(2)14(12(3)15(4,5)16)13-9-7-6-8-10-13/h6-10H,3H2,1-2,4-5H3. The molecule has 1 heteroatoms. The van der Waals surface area contributed by atoms with Crippen LogP contribution in [0, 0.1) is 0 Å². The van der Waals surface area contributed by atoms with Gasteiger partial charge in [-0.25, -0.2) is 4.39 Å². The highest BCUT2D eigenvalue weighted by atomic mass is 19.1. The summed E-state index contributed by atoms with van der Waals surface area (Å²) in [5.74, 6) is 0. The van der Waals surface area contributed by atoms with Gasteiger partial charge in [-0.2, -0.15) is 0 Å². The van der Waals surface area contributed by atoms with Crippen molar-refractivity contribution in [2.45, 2.75) is 33.4 Å². The van der Waals surface area contributed by atoms with Crippen molar-refractivity contribution < 1.29 is 4.39 Å². The number of benzene rings is 1. The Kier molecular flexibility index (Phi) is 3.69. The van der Waals surface area contributed by atoms with Crippen molar-refractivity contribution in [2.24, 2.45) is 0 Å². The molecule has 0 bridgehead atoms. The van der Waals surface area contributed by atoms with E-state index in [9.17, 15) is 4.39 Å². The van der Waals surface area contributed by atoms with E-state index in [1.165, 1.54) is 0 Å². The molecule has 0 amide bonds. The molecule has 86 valence electrons. The molecule has 0 aliphatic carbocycles. The van der Waals surface area contributed by atoms with Gasteiger partial charge in [0, 0.05) is 0 Å². The van der Waals surface area contributed by atoms with E-state index in [1.54, 1.807) is 13.8 Å². The van der Waals surface area contributed by atoms with Crippen molar-refractivity contribution in [3.8, 4) is 0 Å². The van der Waals surface area contributed by atoms with Gasteiger partial charge >= 0.3 is 0 Å². The molecule has 1 aromatic carbocycles. The fraction of sp³-hybridized carbons (Fsp3) is 0.333. The molecule has 1 aromatic rings. The predicted molar refractivity (Wildman–Crippen MR) is 69.0 cm³/mol. The van der Waals surface area contributed by atoms with E-state index in [0.717, 1.165) is 16.7 Å². The van der Waals surface area contributed by atoms with Crippen LogP contribution in [0.4, 0.5) is 4.39 Å². The quantitative estimate of drug-likeness (QED) is 0.640. The second-order valence-corrected chi connectivity index (χ2v) is 4.69. The normalized spacial score (nSPS) is 11.1. The van der Waals surface area contributed by atoms with Crippen molar-refractivity contribution in [2.75, 3.05) is 0 Å². The molecular weight excluding hydrogens is 199 g/mol. The van der Waals surface area contributed by atoms with Gasteiger partial charge in [-0.1, -0.05) is 42.5 Å². The van der Waals surface area contributed by atoms with Crippen molar-refractivity contribution in [1.82, 2.24) is 0 Å². The molecule has 0 nitrogen and oxygen atoms in total. The Morgan fingerprint density at radius 2 is 1.62 bits per heavy atom. The molecule has 1 rings (SSSR count). The molecule has 0 N–H and O–H groups in total. The zero-order chi connectivity index (χ0) is 12.3. The molecule has 0 saturated heterocycles. The van der Waals surface area contributed by atoms with Gasteiger partial charge in [0.1, 0.15) is 5.67 Å². The van der Waals surface area contributed by atoms with Gasteiger partial charge in [0.25, 0.3) is 0 Å². The van der Waals surface area contributed by atoms with Gasteiger partial charge in [0.05, 0.1) is 0 Å². The first-order chi connectivity index (χ1) is 7.34. The van der Waals surface area contributed by atoms with Crippen molar-refractivity contribution >= 4 is 5.57 Å². The highest BCUT2D eigenvalue weighted by molar-refractivity contribution is 5.82. The number of halogens is 1. The lowest BCUT2D eigenvalue weighted by Crippen LogP contribution is -2.16. The minimum atomic E-state index is -1.39. The summed E-state index contributed by atoms with van der Waals surface area (Å²) in [6.45, 7) is 10.9. The Bertz CT molecular complexity index is 401. The largest absolute Gasteiger partial charge is 0.239 e. The third-order valence-electron chi connectivity index (χ3n) is 2.58. The van der Waals surface area contributed by atoms with E-state index >= 15 is 0 Å². The first kappa shape index (κ1) is 12.7. The topological polar surface area (TPSA) is 0 Å². The van der Waals surface area contributed by atoms with Crippen molar-refractivity contribution in [3.05, 3.63) is 53.6 Å². The van der Waals surface area contributed by atoms with Gasteiger partial charge in [0.15, 0.2) is 0 Å². The van der Waals surface area contributed by atoms with Crippen LogP contribution in [0.25, 0.3) is 5.57 Å². The molecule has 0 fully saturated rings. The first-order valence-corrected chi connectivity index (χ1v) is 5.45. The van der Waals surface area contributed by atoms with E-state index in [1.807, 2.05) is 44.2 Å². The maximum atomic E-state index is 13.9. The Balaban J connectivity index is 3.25. The fourth-order valence-corrected chi connectivity index (χ4v) is 1.67. The lowest BCUT2D eigenvalue weighted by atomic mass is 9.87. The van der Waals surface area contributed by atoms with Crippen LogP contribution in [0.1, 0.15) is 33.3 Å². The second kappa shape index (κ2) is 4.65. The molecule has 0 spiro atoms. The number of hydrogen-bond acceptors (Lipinski definition) is 0. The van der Waals surface area contributed by atoms with Crippen molar-refractivity contribution in [3.63, 3.8) is 0 Å². The second-order valence-electron chi connectivity index (χ2n) is 4.69. The fourth-order valence-electron chi connectivity index (χ4n) is 1.67. The summed E-state index contributed by atoms with van der Waals surface area (Å²) < 4.78 is 13.9. The van der Waals surface area contributed by atoms with Crippen LogP contribution in [0.5, 0.6) is 0 Å². The number of hydrogen-bond donors (Lipinski definition) is 0. The Hall–Kier alpha value is -1.37.